The maximum atomic E-state index is 11.8. The molecular weight excluding hydrogens is 206 g/mol. The van der Waals surface area contributed by atoms with Crippen LogP contribution < -0.4 is 5.32 Å². The molecule has 0 saturated carbocycles. The van der Waals surface area contributed by atoms with Gasteiger partial charge in [-0.05, 0) is 18.6 Å². The maximum absolute atomic E-state index is 11.8. The van der Waals surface area contributed by atoms with Gasteiger partial charge < -0.3 is 14.8 Å². The average molecular weight is 219 g/mol. The van der Waals surface area contributed by atoms with Crippen LogP contribution in [0, 0.1) is 0 Å². The lowest BCUT2D eigenvalue weighted by Gasteiger charge is -2.05. The van der Waals surface area contributed by atoms with Gasteiger partial charge >= 0.3 is 0 Å². The summed E-state index contributed by atoms with van der Waals surface area (Å²) in [4.78, 5) is 15.9. The monoisotopic (exact) mass is 219 g/mol. The minimum Gasteiger partial charge on any atom is -0.396 e. The Bertz CT molecular complexity index is 493. The van der Waals surface area contributed by atoms with Crippen LogP contribution in [0.25, 0.3) is 5.65 Å². The van der Waals surface area contributed by atoms with Crippen molar-refractivity contribution in [1.82, 2.24) is 14.7 Å². The molecule has 0 radical (unpaired) electrons. The Morgan fingerprint density at radius 3 is 3.19 bits per heavy atom. The first-order valence-electron chi connectivity index (χ1n) is 5.13. The predicted octanol–water partition coefficient (Wildman–Crippen LogP) is 0.446. The fourth-order valence-corrected chi connectivity index (χ4v) is 1.50. The molecule has 84 valence electrons. The van der Waals surface area contributed by atoms with E-state index in [9.17, 15) is 4.79 Å². The number of aliphatic hydroxyl groups is 1. The molecule has 0 saturated heterocycles. The molecule has 0 aliphatic rings. The van der Waals surface area contributed by atoms with Gasteiger partial charge in [0.2, 0.25) is 0 Å². The molecule has 1 amide bonds. The summed E-state index contributed by atoms with van der Waals surface area (Å²) in [7, 11) is 0. The molecule has 16 heavy (non-hydrogen) atoms. The minimum absolute atomic E-state index is 0.0772. The number of pyridine rings is 1. The van der Waals surface area contributed by atoms with E-state index >= 15 is 0 Å². The van der Waals surface area contributed by atoms with Crippen molar-refractivity contribution < 1.29 is 9.90 Å². The summed E-state index contributed by atoms with van der Waals surface area (Å²) < 4.78 is 1.79. The third-order valence-electron chi connectivity index (χ3n) is 2.28. The number of carbonyl (C=O) groups excluding carboxylic acids is 1. The third-order valence-corrected chi connectivity index (χ3v) is 2.28. The first-order chi connectivity index (χ1) is 7.83. The molecule has 0 atom stereocenters. The van der Waals surface area contributed by atoms with Gasteiger partial charge in [0.25, 0.3) is 5.91 Å². The van der Waals surface area contributed by atoms with Crippen LogP contribution in [0.1, 0.15) is 16.8 Å². The number of amides is 1. The van der Waals surface area contributed by atoms with Crippen LogP contribution in [0.15, 0.2) is 30.7 Å². The lowest BCUT2D eigenvalue weighted by atomic mass is 10.2. The summed E-state index contributed by atoms with van der Waals surface area (Å²) in [6.45, 7) is 0.547. The van der Waals surface area contributed by atoms with Crippen molar-refractivity contribution in [2.45, 2.75) is 6.42 Å². The largest absolute Gasteiger partial charge is 0.396 e. The molecule has 0 aliphatic carbocycles. The van der Waals surface area contributed by atoms with Crippen LogP contribution in [0.5, 0.6) is 0 Å². The second-order valence-corrected chi connectivity index (χ2v) is 3.41. The van der Waals surface area contributed by atoms with Crippen molar-refractivity contribution in [3.63, 3.8) is 0 Å². The van der Waals surface area contributed by atoms with Crippen LogP contribution in [-0.2, 0) is 0 Å². The highest BCUT2D eigenvalue weighted by Crippen LogP contribution is 2.07. The Morgan fingerprint density at radius 1 is 1.50 bits per heavy atom. The molecule has 0 aliphatic heterocycles. The van der Waals surface area contributed by atoms with Gasteiger partial charge in [-0.25, -0.2) is 4.98 Å². The number of aliphatic hydroxyl groups excluding tert-OH is 1. The van der Waals surface area contributed by atoms with Crippen LogP contribution in [-0.4, -0.2) is 33.6 Å². The standard InChI is InChI=1S/C11H13N3O2/c15-8-2-4-13-11(16)9-3-1-6-14-7-5-12-10(9)14/h1,3,5-7,15H,2,4,8H2,(H,13,16). The van der Waals surface area contributed by atoms with Gasteiger partial charge in [-0.2, -0.15) is 0 Å². The fourth-order valence-electron chi connectivity index (χ4n) is 1.50. The summed E-state index contributed by atoms with van der Waals surface area (Å²) in [6.07, 6.45) is 5.84. The molecule has 2 N–H and O–H groups in total. The number of carbonyl (C=O) groups is 1. The van der Waals surface area contributed by atoms with E-state index in [4.69, 9.17) is 5.11 Å². The van der Waals surface area contributed by atoms with Crippen LogP contribution in [0.2, 0.25) is 0 Å². The molecule has 0 spiro atoms. The first kappa shape index (κ1) is 10.6. The average Bonchev–Trinajstić information content (AvgIpc) is 2.76. The highest BCUT2D eigenvalue weighted by Gasteiger charge is 2.09. The van der Waals surface area contributed by atoms with E-state index in [0.29, 0.717) is 24.2 Å². The first-order valence-corrected chi connectivity index (χ1v) is 5.13. The van der Waals surface area contributed by atoms with Crippen LogP contribution in [0.4, 0.5) is 0 Å². The van der Waals surface area contributed by atoms with E-state index in [1.165, 1.54) is 0 Å². The van der Waals surface area contributed by atoms with Gasteiger partial charge in [-0.3, -0.25) is 4.79 Å². The SMILES string of the molecule is O=C(NCCCO)c1cccn2ccnc12. The Labute approximate surface area is 92.7 Å². The molecule has 2 aromatic heterocycles. The molecule has 0 bridgehead atoms. The van der Waals surface area contributed by atoms with E-state index in [2.05, 4.69) is 10.3 Å². The number of nitrogens with one attached hydrogen (secondary N) is 1. The number of rotatable bonds is 4. The van der Waals surface area contributed by atoms with Crippen molar-refractivity contribution in [3.8, 4) is 0 Å². The van der Waals surface area contributed by atoms with Gasteiger partial charge in [-0.1, -0.05) is 0 Å². The van der Waals surface area contributed by atoms with Crippen LogP contribution in [0.3, 0.4) is 0 Å². The highest BCUT2D eigenvalue weighted by atomic mass is 16.3. The number of aromatic nitrogens is 2. The van der Waals surface area contributed by atoms with E-state index in [0.717, 1.165) is 0 Å². The van der Waals surface area contributed by atoms with E-state index in [-0.39, 0.29) is 12.5 Å². The smallest absolute Gasteiger partial charge is 0.255 e. The van der Waals surface area contributed by atoms with E-state index < -0.39 is 0 Å². The normalized spacial score (nSPS) is 10.6. The Morgan fingerprint density at radius 2 is 2.38 bits per heavy atom. The Kier molecular flexibility index (Phi) is 3.16. The van der Waals surface area contributed by atoms with Crippen molar-refractivity contribution in [3.05, 3.63) is 36.3 Å². The van der Waals surface area contributed by atoms with Crippen molar-refractivity contribution in [1.29, 1.82) is 0 Å². The molecule has 2 aromatic rings. The zero-order chi connectivity index (χ0) is 11.4. The van der Waals surface area contributed by atoms with E-state index in [1.54, 1.807) is 28.9 Å². The minimum atomic E-state index is -0.162. The molecule has 5 heteroatoms. The summed E-state index contributed by atoms with van der Waals surface area (Å²) in [5.74, 6) is -0.162. The highest BCUT2D eigenvalue weighted by molar-refractivity contribution is 5.99. The topological polar surface area (TPSA) is 66.6 Å². The predicted molar refractivity (Wildman–Crippen MR) is 59.2 cm³/mol. The Hall–Kier alpha value is -1.88. The third kappa shape index (κ3) is 2.04. The fraction of sp³-hybridized carbons (Fsp3) is 0.273. The molecule has 2 rings (SSSR count). The van der Waals surface area contributed by atoms with Gasteiger partial charge in [0.15, 0.2) is 0 Å². The van der Waals surface area contributed by atoms with Gasteiger partial charge in [0.05, 0.1) is 5.56 Å². The summed E-state index contributed by atoms with van der Waals surface area (Å²) in [5, 5.41) is 11.4. The van der Waals surface area contributed by atoms with Gasteiger partial charge in [0, 0.05) is 31.7 Å². The zero-order valence-electron chi connectivity index (χ0n) is 8.76. The molecular formula is C11H13N3O2. The second-order valence-electron chi connectivity index (χ2n) is 3.41. The summed E-state index contributed by atoms with van der Waals surface area (Å²) >= 11 is 0. The number of fused-ring (bicyclic) bond motifs is 1. The lowest BCUT2D eigenvalue weighted by molar-refractivity contribution is 0.0952. The quantitative estimate of drug-likeness (QED) is 0.733. The second kappa shape index (κ2) is 4.76. The summed E-state index contributed by atoms with van der Waals surface area (Å²) in [6, 6.07) is 3.53. The van der Waals surface area contributed by atoms with Crippen LogP contribution >= 0.6 is 0 Å². The van der Waals surface area contributed by atoms with Gasteiger partial charge in [0.1, 0.15) is 5.65 Å². The number of nitrogens with zero attached hydrogens (tertiary/aromatic N) is 2. The molecule has 5 nitrogen and oxygen atoms in total. The number of hydrogen-bond acceptors (Lipinski definition) is 3. The van der Waals surface area contributed by atoms with E-state index in [1.807, 2.05) is 6.20 Å². The van der Waals surface area contributed by atoms with Crippen molar-refractivity contribution >= 4 is 11.6 Å². The van der Waals surface area contributed by atoms with Crippen molar-refractivity contribution in [2.24, 2.45) is 0 Å². The summed E-state index contributed by atoms with van der Waals surface area (Å²) in [5.41, 5.74) is 1.19. The Balaban J connectivity index is 2.19. The van der Waals surface area contributed by atoms with Crippen molar-refractivity contribution in [2.75, 3.05) is 13.2 Å². The molecule has 2 heterocycles. The lowest BCUT2D eigenvalue weighted by Crippen LogP contribution is -2.25. The maximum Gasteiger partial charge on any atom is 0.255 e. The molecule has 0 unspecified atom stereocenters. The number of hydrogen-bond donors (Lipinski definition) is 2. The number of imidazole rings is 1. The van der Waals surface area contributed by atoms with Gasteiger partial charge in [-0.15, -0.1) is 0 Å². The molecule has 0 fully saturated rings. The zero-order valence-corrected chi connectivity index (χ0v) is 8.76. The molecule has 0 aromatic carbocycles.